The summed E-state index contributed by atoms with van der Waals surface area (Å²) < 4.78 is 28.7. The van der Waals surface area contributed by atoms with Crippen LogP contribution in [-0.4, -0.2) is 40.6 Å². The van der Waals surface area contributed by atoms with Crippen LogP contribution in [-0.2, 0) is 10.0 Å². The molecule has 1 aliphatic rings. The average molecular weight is 445 g/mol. The van der Waals surface area contributed by atoms with Crippen LogP contribution < -0.4 is 4.72 Å². The number of aliphatic hydroxyl groups is 1. The molecule has 1 saturated carbocycles. The number of nitrogens with zero attached hydrogens (tertiary/aromatic N) is 3. The molecule has 0 saturated heterocycles. The molecule has 2 heterocycles. The number of nitrogens with one attached hydrogen (secondary N) is 1. The summed E-state index contributed by atoms with van der Waals surface area (Å²) in [6, 6.07) is 4.91. The predicted octanol–water partition coefficient (Wildman–Crippen LogP) is 3.47. The second-order valence-electron chi connectivity index (χ2n) is 7.64. The van der Waals surface area contributed by atoms with E-state index in [4.69, 9.17) is 4.98 Å². The van der Waals surface area contributed by atoms with Gasteiger partial charge in [0, 0.05) is 17.8 Å². The molecule has 0 aliphatic heterocycles. The highest BCUT2D eigenvalue weighted by molar-refractivity contribution is 7.89. The largest absolute Gasteiger partial charge is 0.393 e. The topological polar surface area (TPSA) is 105 Å². The molecule has 0 spiro atoms. The zero-order valence-electron chi connectivity index (χ0n) is 16.9. The van der Waals surface area contributed by atoms with E-state index in [9.17, 15) is 13.5 Å². The van der Waals surface area contributed by atoms with Crippen LogP contribution in [0, 0.1) is 13.8 Å². The molecule has 1 aliphatic carbocycles. The number of aromatic nitrogens is 3. The average Bonchev–Trinajstić information content (AvgIpc) is 3.16. The minimum atomic E-state index is -3.67. The fourth-order valence-corrected chi connectivity index (χ4v) is 5.68. The molecule has 158 valence electrons. The third-order valence-electron chi connectivity index (χ3n) is 5.32. The van der Waals surface area contributed by atoms with Crippen LogP contribution in [0.3, 0.4) is 0 Å². The van der Waals surface area contributed by atoms with Gasteiger partial charge in [-0.25, -0.2) is 23.1 Å². The Morgan fingerprint density at radius 1 is 1.07 bits per heavy atom. The molecule has 0 atom stereocenters. The van der Waals surface area contributed by atoms with Gasteiger partial charge in [-0.3, -0.25) is 4.98 Å². The summed E-state index contributed by atoms with van der Waals surface area (Å²) in [5.41, 5.74) is 2.98. The van der Waals surface area contributed by atoms with Crippen molar-refractivity contribution in [3.05, 3.63) is 47.4 Å². The molecule has 2 N–H and O–H groups in total. The predicted molar refractivity (Wildman–Crippen MR) is 117 cm³/mol. The van der Waals surface area contributed by atoms with Gasteiger partial charge in [0.05, 0.1) is 39.0 Å². The summed E-state index contributed by atoms with van der Waals surface area (Å²) in [5.74, 6) is 0. The van der Waals surface area contributed by atoms with Crippen LogP contribution in [0.2, 0.25) is 0 Å². The fourth-order valence-electron chi connectivity index (χ4n) is 3.62. The van der Waals surface area contributed by atoms with Crippen molar-refractivity contribution in [2.24, 2.45) is 0 Å². The Balaban J connectivity index is 1.64. The van der Waals surface area contributed by atoms with Crippen LogP contribution in [0.4, 0.5) is 0 Å². The molecular formula is C21H24N4O3S2. The first-order valence-corrected chi connectivity index (χ1v) is 12.2. The second kappa shape index (κ2) is 8.50. The molecule has 4 rings (SSSR count). The highest BCUT2D eigenvalue weighted by Crippen LogP contribution is 2.29. The third-order valence-corrected chi connectivity index (χ3v) is 7.78. The Morgan fingerprint density at radius 2 is 1.80 bits per heavy atom. The van der Waals surface area contributed by atoms with Crippen molar-refractivity contribution < 1.29 is 13.5 Å². The molecule has 9 heteroatoms. The molecule has 1 fully saturated rings. The van der Waals surface area contributed by atoms with E-state index < -0.39 is 10.0 Å². The Kier molecular flexibility index (Phi) is 5.97. The number of rotatable bonds is 5. The van der Waals surface area contributed by atoms with E-state index in [2.05, 4.69) is 14.7 Å². The van der Waals surface area contributed by atoms with E-state index in [1.165, 1.54) is 11.3 Å². The van der Waals surface area contributed by atoms with Crippen molar-refractivity contribution in [2.45, 2.75) is 56.6 Å². The van der Waals surface area contributed by atoms with Crippen LogP contribution in [0.1, 0.15) is 36.3 Å². The molecule has 1 aromatic carbocycles. The lowest BCUT2D eigenvalue weighted by molar-refractivity contribution is 0.120. The highest BCUT2D eigenvalue weighted by Gasteiger charge is 2.25. The molecule has 0 radical (unpaired) electrons. The quantitative estimate of drug-likeness (QED) is 0.624. The maximum atomic E-state index is 13.0. The zero-order chi connectivity index (χ0) is 21.3. The van der Waals surface area contributed by atoms with Gasteiger partial charge in [-0.15, -0.1) is 11.3 Å². The summed E-state index contributed by atoms with van der Waals surface area (Å²) >= 11 is 1.54. The van der Waals surface area contributed by atoms with Gasteiger partial charge in [0.1, 0.15) is 5.69 Å². The smallest absolute Gasteiger partial charge is 0.240 e. The van der Waals surface area contributed by atoms with Gasteiger partial charge in [0.15, 0.2) is 0 Å². The molecule has 7 nitrogen and oxygen atoms in total. The minimum Gasteiger partial charge on any atom is -0.393 e. The van der Waals surface area contributed by atoms with Crippen molar-refractivity contribution in [3.63, 3.8) is 0 Å². The van der Waals surface area contributed by atoms with Gasteiger partial charge in [0.2, 0.25) is 10.0 Å². The summed E-state index contributed by atoms with van der Waals surface area (Å²) in [5, 5.41) is 10.6. The summed E-state index contributed by atoms with van der Waals surface area (Å²) in [4.78, 5) is 14.4. The second-order valence-corrected chi connectivity index (χ2v) is 10.6. The standard InChI is InChI=1S/C21H24N4O3S2/c1-13-3-8-17(30(27,28)25-15-4-6-16(26)7-5-15)9-18(13)19-10-22-11-20(24-19)21-12-23-14(2)29-21/h3,8-12,15-16,25-26H,4-7H2,1-2H3. The number of sulfonamides is 1. The van der Waals surface area contributed by atoms with E-state index in [0.29, 0.717) is 37.1 Å². The summed E-state index contributed by atoms with van der Waals surface area (Å²) in [7, 11) is -3.67. The molecule has 0 bridgehead atoms. The van der Waals surface area contributed by atoms with Crippen molar-refractivity contribution in [2.75, 3.05) is 0 Å². The maximum Gasteiger partial charge on any atom is 0.240 e. The Bertz CT molecular complexity index is 1150. The van der Waals surface area contributed by atoms with Gasteiger partial charge >= 0.3 is 0 Å². The van der Waals surface area contributed by atoms with Crippen LogP contribution in [0.5, 0.6) is 0 Å². The molecule has 0 unspecified atom stereocenters. The van der Waals surface area contributed by atoms with Crippen molar-refractivity contribution in [3.8, 4) is 21.8 Å². The highest BCUT2D eigenvalue weighted by atomic mass is 32.2. The SMILES string of the molecule is Cc1ncc(-c2cncc(-c3cc(S(=O)(=O)NC4CCC(O)CC4)ccc3C)n2)s1. The molecule has 2 aromatic heterocycles. The number of aryl methyl sites for hydroxylation is 2. The number of benzene rings is 1. The number of thiazole rings is 1. The monoisotopic (exact) mass is 444 g/mol. The third kappa shape index (κ3) is 4.59. The molecular weight excluding hydrogens is 420 g/mol. The first-order chi connectivity index (χ1) is 14.3. The van der Waals surface area contributed by atoms with Crippen molar-refractivity contribution in [1.82, 2.24) is 19.7 Å². The van der Waals surface area contributed by atoms with Crippen molar-refractivity contribution >= 4 is 21.4 Å². The fraction of sp³-hybridized carbons (Fsp3) is 0.381. The maximum absolute atomic E-state index is 13.0. The van der Waals surface area contributed by atoms with Crippen LogP contribution in [0.15, 0.2) is 41.7 Å². The van der Waals surface area contributed by atoms with Gasteiger partial charge in [-0.2, -0.15) is 0 Å². The Morgan fingerprint density at radius 3 is 2.50 bits per heavy atom. The van der Waals surface area contributed by atoms with Crippen LogP contribution >= 0.6 is 11.3 Å². The first-order valence-electron chi connectivity index (χ1n) is 9.88. The Labute approximate surface area is 180 Å². The van der Waals surface area contributed by atoms with Gasteiger partial charge < -0.3 is 5.11 Å². The first kappa shape index (κ1) is 21.0. The van der Waals surface area contributed by atoms with Crippen molar-refractivity contribution in [1.29, 1.82) is 0 Å². The molecule has 3 aromatic rings. The normalized spacial score (nSPS) is 19.7. The van der Waals surface area contributed by atoms with E-state index in [1.807, 2.05) is 13.8 Å². The Hall–Kier alpha value is -2.20. The van der Waals surface area contributed by atoms with Gasteiger partial charge in [0.25, 0.3) is 0 Å². The van der Waals surface area contributed by atoms with E-state index in [-0.39, 0.29) is 17.0 Å². The number of hydrogen-bond donors (Lipinski definition) is 2. The molecule has 30 heavy (non-hydrogen) atoms. The van der Waals surface area contributed by atoms with Gasteiger partial charge in [-0.1, -0.05) is 6.07 Å². The lowest BCUT2D eigenvalue weighted by atomic mass is 9.94. The van der Waals surface area contributed by atoms with E-state index in [1.54, 1.807) is 36.8 Å². The summed E-state index contributed by atoms with van der Waals surface area (Å²) in [6.07, 6.45) is 7.29. The van der Waals surface area contributed by atoms with E-state index >= 15 is 0 Å². The lowest BCUT2D eigenvalue weighted by Gasteiger charge is -2.26. The van der Waals surface area contributed by atoms with Crippen LogP contribution in [0.25, 0.3) is 21.8 Å². The van der Waals surface area contributed by atoms with Gasteiger partial charge in [-0.05, 0) is 57.2 Å². The minimum absolute atomic E-state index is 0.152. The lowest BCUT2D eigenvalue weighted by Crippen LogP contribution is -2.38. The van der Waals surface area contributed by atoms with E-state index in [0.717, 1.165) is 21.0 Å². The summed E-state index contributed by atoms with van der Waals surface area (Å²) in [6.45, 7) is 3.86. The number of hydrogen-bond acceptors (Lipinski definition) is 7. The zero-order valence-corrected chi connectivity index (χ0v) is 18.5. The number of aliphatic hydroxyl groups excluding tert-OH is 1. The molecule has 0 amide bonds.